The Labute approximate surface area is 199 Å². The first-order chi connectivity index (χ1) is 16.4. The lowest BCUT2D eigenvalue weighted by molar-refractivity contribution is 0.174. The Morgan fingerprint density at radius 3 is 2.94 bits per heavy atom. The molecule has 0 aliphatic carbocycles. The van der Waals surface area contributed by atoms with Crippen molar-refractivity contribution in [2.24, 2.45) is 10.9 Å². The van der Waals surface area contributed by atoms with Gasteiger partial charge in [-0.05, 0) is 49.1 Å². The largest absolute Gasteiger partial charge is 0.348 e. The van der Waals surface area contributed by atoms with Crippen molar-refractivity contribution in [3.63, 3.8) is 0 Å². The van der Waals surface area contributed by atoms with Gasteiger partial charge in [0.25, 0.3) is 5.56 Å². The van der Waals surface area contributed by atoms with Crippen molar-refractivity contribution >= 4 is 29.3 Å². The summed E-state index contributed by atoms with van der Waals surface area (Å²) in [6, 6.07) is 7.43. The van der Waals surface area contributed by atoms with Crippen molar-refractivity contribution in [3.05, 3.63) is 80.9 Å². The number of aromatic nitrogens is 4. The Bertz CT molecular complexity index is 1500. The van der Waals surface area contributed by atoms with Crippen molar-refractivity contribution < 1.29 is 4.39 Å². The zero-order valence-electron chi connectivity index (χ0n) is 18.7. The van der Waals surface area contributed by atoms with Crippen molar-refractivity contribution in [2.45, 2.75) is 32.5 Å². The summed E-state index contributed by atoms with van der Waals surface area (Å²) >= 11 is 6.33. The number of benzene rings is 1. The van der Waals surface area contributed by atoms with Gasteiger partial charge in [0.15, 0.2) is 5.82 Å². The molecule has 0 saturated carbocycles. The van der Waals surface area contributed by atoms with Crippen LogP contribution in [0.5, 0.6) is 0 Å². The molecule has 0 radical (unpaired) electrons. The molecule has 5 heterocycles. The second kappa shape index (κ2) is 7.82. The van der Waals surface area contributed by atoms with Gasteiger partial charge in [0, 0.05) is 24.5 Å². The highest BCUT2D eigenvalue weighted by molar-refractivity contribution is 6.33. The molecule has 174 valence electrons. The summed E-state index contributed by atoms with van der Waals surface area (Å²) < 4.78 is 17.2. The van der Waals surface area contributed by atoms with Gasteiger partial charge >= 0.3 is 0 Å². The standard InChI is InChI=1S/C24H23ClFN7O/c1-13-8-18(31(11-13)23-19-14(2)10-27-21(19)28-12-29-23)22-30-32-7-6-17(25)20(32)24(34)33(22)16-5-3-4-15(26)9-16/h3-7,9-10,12-13,18,23,27H,8,11H2,1-2H3,(H,28,29). The fraction of sp³-hybridized carbons (Fsp3) is 0.292. The Morgan fingerprint density at radius 1 is 1.26 bits per heavy atom. The molecule has 2 N–H and O–H groups in total. The minimum atomic E-state index is -0.427. The fourth-order valence-corrected chi connectivity index (χ4v) is 5.44. The summed E-state index contributed by atoms with van der Waals surface area (Å²) in [7, 11) is 0. The first-order valence-corrected chi connectivity index (χ1v) is 11.6. The van der Waals surface area contributed by atoms with Crippen molar-refractivity contribution in [2.75, 3.05) is 11.9 Å². The third-order valence-electron chi connectivity index (χ3n) is 6.70. The minimum Gasteiger partial charge on any atom is -0.348 e. The summed E-state index contributed by atoms with van der Waals surface area (Å²) in [5, 5.41) is 8.33. The van der Waals surface area contributed by atoms with Crippen LogP contribution in [-0.2, 0) is 0 Å². The number of rotatable bonds is 3. The number of halogens is 2. The van der Waals surface area contributed by atoms with E-state index in [1.807, 2.05) is 13.1 Å². The van der Waals surface area contributed by atoms with Crippen molar-refractivity contribution in [1.29, 1.82) is 0 Å². The molecule has 1 aromatic carbocycles. The third kappa shape index (κ3) is 3.19. The number of likely N-dealkylation sites (tertiary alicyclic amines) is 1. The highest BCUT2D eigenvalue weighted by atomic mass is 35.5. The van der Waals surface area contributed by atoms with Gasteiger partial charge < -0.3 is 10.3 Å². The molecule has 10 heteroatoms. The van der Waals surface area contributed by atoms with E-state index in [9.17, 15) is 9.18 Å². The Balaban J connectivity index is 1.57. The van der Waals surface area contributed by atoms with E-state index in [1.54, 1.807) is 30.7 Å². The molecule has 3 unspecified atom stereocenters. The van der Waals surface area contributed by atoms with E-state index in [-0.39, 0.29) is 23.3 Å². The van der Waals surface area contributed by atoms with E-state index in [0.29, 0.717) is 22.5 Å². The Hall–Kier alpha value is -3.43. The Morgan fingerprint density at radius 2 is 2.12 bits per heavy atom. The van der Waals surface area contributed by atoms with Gasteiger partial charge in [-0.15, -0.1) is 0 Å². The average Bonchev–Trinajstić information content (AvgIpc) is 3.50. The molecule has 0 amide bonds. The van der Waals surface area contributed by atoms with Gasteiger partial charge in [-0.1, -0.05) is 24.6 Å². The van der Waals surface area contributed by atoms with Gasteiger partial charge in [0.1, 0.15) is 23.3 Å². The number of aryl methyl sites for hydroxylation is 1. The van der Waals surface area contributed by atoms with Crippen molar-refractivity contribution in [3.8, 4) is 5.69 Å². The van der Waals surface area contributed by atoms with Crippen LogP contribution in [0.1, 0.15) is 42.5 Å². The predicted molar refractivity (Wildman–Crippen MR) is 129 cm³/mol. The molecule has 1 saturated heterocycles. The van der Waals surface area contributed by atoms with Crippen LogP contribution in [0.15, 0.2) is 52.5 Å². The second-order valence-corrected chi connectivity index (χ2v) is 9.45. The number of aromatic amines is 1. The predicted octanol–water partition coefficient (Wildman–Crippen LogP) is 4.45. The number of nitrogens with one attached hydrogen (secondary N) is 2. The molecule has 3 aromatic heterocycles. The van der Waals surface area contributed by atoms with Gasteiger partial charge in [-0.2, -0.15) is 5.10 Å². The second-order valence-electron chi connectivity index (χ2n) is 9.05. The smallest absolute Gasteiger partial charge is 0.284 e. The van der Waals surface area contributed by atoms with E-state index in [1.165, 1.54) is 21.2 Å². The topological polar surface area (TPSA) is 82.7 Å². The molecule has 0 bridgehead atoms. The third-order valence-corrected chi connectivity index (χ3v) is 7.00. The summed E-state index contributed by atoms with van der Waals surface area (Å²) in [4.78, 5) is 24.0. The number of anilines is 1. The first kappa shape index (κ1) is 21.1. The quantitative estimate of drug-likeness (QED) is 0.455. The van der Waals surface area contributed by atoms with Crippen LogP contribution in [-0.4, -0.2) is 36.9 Å². The van der Waals surface area contributed by atoms with Gasteiger partial charge in [-0.3, -0.25) is 19.3 Å². The maximum atomic E-state index is 14.2. The molecule has 8 nitrogen and oxygen atoms in total. The first-order valence-electron chi connectivity index (χ1n) is 11.2. The molecule has 1 fully saturated rings. The lowest BCUT2D eigenvalue weighted by Gasteiger charge is -2.33. The minimum absolute atomic E-state index is 0.223. The van der Waals surface area contributed by atoms with E-state index < -0.39 is 5.82 Å². The average molecular weight is 480 g/mol. The summed E-state index contributed by atoms with van der Waals surface area (Å²) in [5.74, 6) is 1.37. The van der Waals surface area contributed by atoms with Crippen molar-refractivity contribution in [1.82, 2.24) is 24.1 Å². The number of nitrogens with zero attached hydrogens (tertiary/aromatic N) is 5. The van der Waals surface area contributed by atoms with E-state index in [2.05, 4.69) is 22.1 Å². The van der Waals surface area contributed by atoms with Gasteiger partial charge in [0.2, 0.25) is 0 Å². The van der Waals surface area contributed by atoms with Crippen LogP contribution < -0.4 is 10.9 Å². The molecular formula is C24H23ClFN7O. The van der Waals surface area contributed by atoms with Crippen LogP contribution in [0.4, 0.5) is 10.2 Å². The molecule has 2 aliphatic rings. The molecule has 3 atom stereocenters. The number of aliphatic imine (C=N–C) groups is 1. The van der Waals surface area contributed by atoms with Gasteiger partial charge in [0.05, 0.1) is 23.1 Å². The zero-order chi connectivity index (χ0) is 23.6. The summed E-state index contributed by atoms with van der Waals surface area (Å²) in [5.41, 5.74) is 2.52. The Kier molecular flexibility index (Phi) is 4.86. The number of fused-ring (bicyclic) bond motifs is 2. The number of H-pyrrole nitrogens is 1. The van der Waals surface area contributed by atoms with Crippen LogP contribution in [0.3, 0.4) is 0 Å². The summed E-state index contributed by atoms with van der Waals surface area (Å²) in [6.07, 6.45) is 5.88. The molecule has 6 rings (SSSR count). The van der Waals surface area contributed by atoms with Gasteiger partial charge in [-0.25, -0.2) is 8.91 Å². The molecule has 4 aromatic rings. The monoisotopic (exact) mass is 479 g/mol. The molecule has 34 heavy (non-hydrogen) atoms. The van der Waals surface area contributed by atoms with E-state index in [4.69, 9.17) is 21.7 Å². The number of hydrogen-bond acceptors (Lipinski definition) is 5. The van der Waals surface area contributed by atoms with Crippen LogP contribution in [0, 0.1) is 18.7 Å². The molecular weight excluding hydrogens is 457 g/mol. The lowest BCUT2D eigenvalue weighted by Crippen LogP contribution is -2.35. The SMILES string of the molecule is Cc1c[nH]c2c1C(N1CC(C)CC1c1nn3ccc(Cl)c3c(=O)n1-c1cccc(F)c1)N=CN2. The highest BCUT2D eigenvalue weighted by Crippen LogP contribution is 2.44. The maximum absolute atomic E-state index is 14.2. The number of hydrogen-bond donors (Lipinski definition) is 2. The molecule has 0 spiro atoms. The molecule has 2 aliphatic heterocycles. The van der Waals surface area contributed by atoms with E-state index >= 15 is 0 Å². The highest BCUT2D eigenvalue weighted by Gasteiger charge is 2.41. The summed E-state index contributed by atoms with van der Waals surface area (Å²) in [6.45, 7) is 5.01. The normalized spacial score (nSPS) is 22.3. The zero-order valence-corrected chi connectivity index (χ0v) is 19.4. The van der Waals surface area contributed by atoms with Crippen LogP contribution in [0.25, 0.3) is 11.2 Å². The lowest BCUT2D eigenvalue weighted by atomic mass is 10.1. The fourth-order valence-electron chi connectivity index (χ4n) is 5.21. The maximum Gasteiger partial charge on any atom is 0.284 e. The van der Waals surface area contributed by atoms with Crippen LogP contribution >= 0.6 is 11.6 Å². The van der Waals surface area contributed by atoms with E-state index in [0.717, 1.165) is 29.9 Å². The van der Waals surface area contributed by atoms with Crippen LogP contribution in [0.2, 0.25) is 5.02 Å².